The van der Waals surface area contributed by atoms with Crippen molar-refractivity contribution in [2.24, 2.45) is 0 Å². The Kier molecular flexibility index (Phi) is 4.37. The molecule has 1 heterocycles. The van der Waals surface area contributed by atoms with Crippen LogP contribution in [0.2, 0.25) is 0 Å². The number of aryl methyl sites for hydroxylation is 2. The number of hydrogen-bond donors (Lipinski definition) is 1. The third-order valence-corrected chi connectivity index (χ3v) is 3.93. The van der Waals surface area contributed by atoms with Gasteiger partial charge in [0.15, 0.2) is 6.10 Å². The standard InChI is InChI=1S/C18H20N2O2/c1-13(18(21)20-16-7-4-10-19-12-16)22-17-9-8-14-5-2-3-6-15(14)11-17/h4,7-13H,2-3,5-6H2,1H3,(H,20,21). The van der Waals surface area contributed by atoms with Gasteiger partial charge in [-0.1, -0.05) is 6.07 Å². The molecule has 0 saturated carbocycles. The highest BCUT2D eigenvalue weighted by atomic mass is 16.5. The Morgan fingerprint density at radius 1 is 1.23 bits per heavy atom. The number of benzene rings is 1. The zero-order valence-electron chi connectivity index (χ0n) is 12.7. The van der Waals surface area contributed by atoms with Gasteiger partial charge >= 0.3 is 0 Å². The number of amides is 1. The second-order valence-corrected chi connectivity index (χ2v) is 5.63. The van der Waals surface area contributed by atoms with Gasteiger partial charge < -0.3 is 10.1 Å². The van der Waals surface area contributed by atoms with Crippen molar-refractivity contribution >= 4 is 11.6 Å². The topological polar surface area (TPSA) is 51.2 Å². The van der Waals surface area contributed by atoms with Crippen LogP contribution in [0.1, 0.15) is 30.9 Å². The van der Waals surface area contributed by atoms with E-state index in [9.17, 15) is 4.79 Å². The van der Waals surface area contributed by atoms with Gasteiger partial charge in [-0.3, -0.25) is 9.78 Å². The number of anilines is 1. The summed E-state index contributed by atoms with van der Waals surface area (Å²) in [5.74, 6) is 0.584. The molecule has 0 saturated heterocycles. The molecule has 1 amide bonds. The minimum Gasteiger partial charge on any atom is -0.481 e. The average Bonchev–Trinajstić information content (AvgIpc) is 2.55. The van der Waals surface area contributed by atoms with Crippen LogP contribution in [0.4, 0.5) is 5.69 Å². The highest BCUT2D eigenvalue weighted by Crippen LogP contribution is 2.26. The van der Waals surface area contributed by atoms with Crippen molar-refractivity contribution < 1.29 is 9.53 Å². The molecule has 1 atom stereocenters. The molecule has 0 fully saturated rings. The summed E-state index contributed by atoms with van der Waals surface area (Å²) in [6, 6.07) is 9.73. The van der Waals surface area contributed by atoms with Gasteiger partial charge in [0.05, 0.1) is 11.9 Å². The summed E-state index contributed by atoms with van der Waals surface area (Å²) < 4.78 is 5.78. The molecular formula is C18H20N2O2. The summed E-state index contributed by atoms with van der Waals surface area (Å²) in [4.78, 5) is 16.1. The van der Waals surface area contributed by atoms with E-state index in [-0.39, 0.29) is 5.91 Å². The lowest BCUT2D eigenvalue weighted by atomic mass is 9.92. The van der Waals surface area contributed by atoms with Gasteiger partial charge in [0, 0.05) is 6.20 Å². The maximum absolute atomic E-state index is 12.1. The number of carbonyl (C=O) groups excluding carboxylic acids is 1. The Labute approximate surface area is 130 Å². The summed E-state index contributed by atoms with van der Waals surface area (Å²) in [5.41, 5.74) is 3.43. The van der Waals surface area contributed by atoms with Crippen molar-refractivity contribution in [3.05, 3.63) is 53.9 Å². The highest BCUT2D eigenvalue weighted by molar-refractivity contribution is 5.93. The number of fused-ring (bicyclic) bond motifs is 1. The molecule has 22 heavy (non-hydrogen) atoms. The van der Waals surface area contributed by atoms with E-state index in [4.69, 9.17) is 4.74 Å². The van der Waals surface area contributed by atoms with E-state index in [2.05, 4.69) is 22.4 Å². The lowest BCUT2D eigenvalue weighted by molar-refractivity contribution is -0.122. The summed E-state index contributed by atoms with van der Waals surface area (Å²) in [5, 5.41) is 2.80. The molecule has 0 radical (unpaired) electrons. The number of ether oxygens (including phenoxy) is 1. The third-order valence-electron chi connectivity index (χ3n) is 3.93. The number of hydrogen-bond acceptors (Lipinski definition) is 3. The molecule has 1 aromatic heterocycles. The molecule has 4 nitrogen and oxygen atoms in total. The quantitative estimate of drug-likeness (QED) is 0.941. The molecule has 3 rings (SSSR count). The van der Waals surface area contributed by atoms with Crippen LogP contribution in [0.3, 0.4) is 0 Å². The molecule has 0 aliphatic heterocycles. The molecular weight excluding hydrogens is 276 g/mol. The highest BCUT2D eigenvalue weighted by Gasteiger charge is 2.16. The Morgan fingerprint density at radius 2 is 2.05 bits per heavy atom. The van der Waals surface area contributed by atoms with E-state index in [1.165, 1.54) is 24.0 Å². The normalized spacial score (nSPS) is 14.8. The van der Waals surface area contributed by atoms with Gasteiger partial charge in [0.1, 0.15) is 5.75 Å². The Morgan fingerprint density at radius 3 is 2.82 bits per heavy atom. The van der Waals surface area contributed by atoms with Crippen molar-refractivity contribution in [1.29, 1.82) is 0 Å². The summed E-state index contributed by atoms with van der Waals surface area (Å²) >= 11 is 0. The Hall–Kier alpha value is -2.36. The number of pyridine rings is 1. The lowest BCUT2D eigenvalue weighted by Gasteiger charge is -2.19. The SMILES string of the molecule is CC(Oc1ccc2c(c1)CCCC2)C(=O)Nc1cccnc1. The van der Waals surface area contributed by atoms with Crippen molar-refractivity contribution in [3.8, 4) is 5.75 Å². The lowest BCUT2D eigenvalue weighted by Crippen LogP contribution is -2.30. The first kappa shape index (κ1) is 14.6. The molecule has 1 aliphatic rings. The summed E-state index contributed by atoms with van der Waals surface area (Å²) in [6.45, 7) is 1.76. The molecule has 4 heteroatoms. The van der Waals surface area contributed by atoms with Gasteiger partial charge in [-0.25, -0.2) is 0 Å². The van der Waals surface area contributed by atoms with E-state index in [1.807, 2.05) is 6.07 Å². The molecule has 1 unspecified atom stereocenters. The first-order chi connectivity index (χ1) is 10.7. The third kappa shape index (κ3) is 3.45. The number of nitrogens with zero attached hydrogens (tertiary/aromatic N) is 1. The van der Waals surface area contributed by atoms with Gasteiger partial charge in [0.25, 0.3) is 5.91 Å². The monoisotopic (exact) mass is 296 g/mol. The van der Waals surface area contributed by atoms with Gasteiger partial charge in [0.2, 0.25) is 0 Å². The largest absolute Gasteiger partial charge is 0.481 e. The van der Waals surface area contributed by atoms with E-state index in [1.54, 1.807) is 31.5 Å². The van der Waals surface area contributed by atoms with E-state index >= 15 is 0 Å². The van der Waals surface area contributed by atoms with Gasteiger partial charge in [-0.05, 0) is 68.0 Å². The average molecular weight is 296 g/mol. The van der Waals surface area contributed by atoms with Gasteiger partial charge in [-0.15, -0.1) is 0 Å². The predicted octanol–water partition coefficient (Wildman–Crippen LogP) is 3.37. The Bertz CT molecular complexity index is 655. The van der Waals surface area contributed by atoms with Crippen LogP contribution in [0, 0.1) is 0 Å². The minimum absolute atomic E-state index is 0.175. The fourth-order valence-corrected chi connectivity index (χ4v) is 2.72. The zero-order chi connectivity index (χ0) is 15.4. The number of nitrogens with one attached hydrogen (secondary N) is 1. The van der Waals surface area contributed by atoms with Crippen LogP contribution in [-0.4, -0.2) is 17.0 Å². The predicted molar refractivity (Wildman–Crippen MR) is 86.0 cm³/mol. The van der Waals surface area contributed by atoms with Crippen molar-refractivity contribution in [2.75, 3.05) is 5.32 Å². The summed E-state index contributed by atoms with van der Waals surface area (Å²) in [7, 11) is 0. The maximum Gasteiger partial charge on any atom is 0.265 e. The Balaban J connectivity index is 1.63. The number of carbonyl (C=O) groups is 1. The van der Waals surface area contributed by atoms with Crippen molar-refractivity contribution in [2.45, 2.75) is 38.7 Å². The molecule has 0 spiro atoms. The van der Waals surface area contributed by atoms with Crippen LogP contribution >= 0.6 is 0 Å². The second kappa shape index (κ2) is 6.60. The van der Waals surface area contributed by atoms with Crippen molar-refractivity contribution in [1.82, 2.24) is 4.98 Å². The molecule has 2 aromatic rings. The molecule has 1 aromatic carbocycles. The van der Waals surface area contributed by atoms with E-state index < -0.39 is 6.10 Å². The zero-order valence-corrected chi connectivity index (χ0v) is 12.7. The molecule has 1 aliphatic carbocycles. The first-order valence-corrected chi connectivity index (χ1v) is 7.72. The minimum atomic E-state index is -0.554. The summed E-state index contributed by atoms with van der Waals surface area (Å²) in [6.07, 6.45) is 7.47. The second-order valence-electron chi connectivity index (χ2n) is 5.63. The van der Waals surface area contributed by atoms with Crippen LogP contribution in [0.25, 0.3) is 0 Å². The number of rotatable bonds is 4. The number of aromatic nitrogens is 1. The fourth-order valence-electron chi connectivity index (χ4n) is 2.72. The van der Waals surface area contributed by atoms with Gasteiger partial charge in [-0.2, -0.15) is 0 Å². The van der Waals surface area contributed by atoms with Crippen LogP contribution in [-0.2, 0) is 17.6 Å². The molecule has 0 bridgehead atoms. The van der Waals surface area contributed by atoms with E-state index in [0.29, 0.717) is 5.69 Å². The van der Waals surface area contributed by atoms with E-state index in [0.717, 1.165) is 18.6 Å². The van der Waals surface area contributed by atoms with Crippen LogP contribution in [0.15, 0.2) is 42.7 Å². The van der Waals surface area contributed by atoms with Crippen LogP contribution in [0.5, 0.6) is 5.75 Å². The molecule has 114 valence electrons. The van der Waals surface area contributed by atoms with Crippen molar-refractivity contribution in [3.63, 3.8) is 0 Å². The maximum atomic E-state index is 12.1. The molecule has 1 N–H and O–H groups in total. The smallest absolute Gasteiger partial charge is 0.265 e. The van der Waals surface area contributed by atoms with Crippen LogP contribution < -0.4 is 10.1 Å². The first-order valence-electron chi connectivity index (χ1n) is 7.72. The fraction of sp³-hybridized carbons (Fsp3) is 0.333.